The zero-order valence-electron chi connectivity index (χ0n) is 11.9. The molecule has 0 saturated heterocycles. The molecule has 3 aromatic rings. The molecular weight excluding hydrogens is 278 g/mol. The molecule has 6 nitrogen and oxygen atoms in total. The molecule has 22 heavy (non-hydrogen) atoms. The smallest absolute Gasteiger partial charge is 0.273 e. The Labute approximate surface area is 127 Å². The number of benzene rings is 1. The number of para-hydroxylation sites is 1. The standard InChI is InChI=1S/C16H15N5O/c22-16(18-11-9-13-6-4-5-10-17-13)15-12-21(20-19-15)14-7-2-1-3-8-14/h1-8,10,12H,9,11H2,(H,18,22). The van der Waals surface area contributed by atoms with Crippen molar-refractivity contribution in [3.63, 3.8) is 0 Å². The van der Waals surface area contributed by atoms with Crippen LogP contribution < -0.4 is 5.32 Å². The second kappa shape index (κ2) is 6.62. The molecule has 0 aliphatic rings. The first-order chi connectivity index (χ1) is 10.8. The fourth-order valence-electron chi connectivity index (χ4n) is 2.02. The Morgan fingerprint density at radius 2 is 1.91 bits per heavy atom. The summed E-state index contributed by atoms with van der Waals surface area (Å²) in [6.45, 7) is 0.508. The number of hydrogen-bond donors (Lipinski definition) is 1. The highest BCUT2D eigenvalue weighted by Crippen LogP contribution is 2.05. The minimum Gasteiger partial charge on any atom is -0.350 e. The lowest BCUT2D eigenvalue weighted by molar-refractivity contribution is 0.0949. The van der Waals surface area contributed by atoms with Crippen LogP contribution in [0.2, 0.25) is 0 Å². The number of carbonyl (C=O) groups excluding carboxylic acids is 1. The Morgan fingerprint density at radius 3 is 2.68 bits per heavy atom. The van der Waals surface area contributed by atoms with Crippen LogP contribution in [0.3, 0.4) is 0 Å². The van der Waals surface area contributed by atoms with E-state index in [0.29, 0.717) is 18.7 Å². The highest BCUT2D eigenvalue weighted by Gasteiger charge is 2.10. The average Bonchev–Trinajstić information content (AvgIpc) is 3.07. The highest BCUT2D eigenvalue weighted by atomic mass is 16.2. The third-order valence-electron chi connectivity index (χ3n) is 3.14. The van der Waals surface area contributed by atoms with Crippen molar-refractivity contribution in [2.24, 2.45) is 0 Å². The Balaban J connectivity index is 1.58. The van der Waals surface area contributed by atoms with Gasteiger partial charge in [0.1, 0.15) is 0 Å². The van der Waals surface area contributed by atoms with Gasteiger partial charge in [0.15, 0.2) is 5.69 Å². The molecule has 0 radical (unpaired) electrons. The lowest BCUT2D eigenvalue weighted by Crippen LogP contribution is -2.26. The Bertz CT molecular complexity index is 739. The van der Waals surface area contributed by atoms with Crippen LogP contribution in [0.1, 0.15) is 16.2 Å². The summed E-state index contributed by atoms with van der Waals surface area (Å²) >= 11 is 0. The molecule has 0 aliphatic carbocycles. The largest absolute Gasteiger partial charge is 0.350 e. The molecule has 0 unspecified atom stereocenters. The first kappa shape index (κ1) is 13.9. The number of rotatable bonds is 5. The minimum atomic E-state index is -0.238. The van der Waals surface area contributed by atoms with Gasteiger partial charge in [-0.1, -0.05) is 29.5 Å². The van der Waals surface area contributed by atoms with Gasteiger partial charge in [-0.15, -0.1) is 5.10 Å². The van der Waals surface area contributed by atoms with E-state index in [1.165, 1.54) is 0 Å². The molecule has 0 bridgehead atoms. The van der Waals surface area contributed by atoms with Gasteiger partial charge < -0.3 is 5.32 Å². The second-order valence-electron chi connectivity index (χ2n) is 4.71. The van der Waals surface area contributed by atoms with E-state index in [1.807, 2.05) is 48.5 Å². The van der Waals surface area contributed by atoms with Crippen LogP contribution in [0.5, 0.6) is 0 Å². The molecule has 6 heteroatoms. The fraction of sp³-hybridized carbons (Fsp3) is 0.125. The van der Waals surface area contributed by atoms with E-state index < -0.39 is 0 Å². The summed E-state index contributed by atoms with van der Waals surface area (Å²) in [5.74, 6) is -0.238. The number of hydrogen-bond acceptors (Lipinski definition) is 4. The number of carbonyl (C=O) groups is 1. The van der Waals surface area contributed by atoms with Gasteiger partial charge in [-0.3, -0.25) is 9.78 Å². The number of nitrogens with zero attached hydrogens (tertiary/aromatic N) is 4. The highest BCUT2D eigenvalue weighted by molar-refractivity contribution is 5.91. The van der Waals surface area contributed by atoms with Crippen molar-refractivity contribution in [3.8, 4) is 5.69 Å². The van der Waals surface area contributed by atoms with Gasteiger partial charge in [0, 0.05) is 24.9 Å². The third-order valence-corrected chi connectivity index (χ3v) is 3.14. The summed E-state index contributed by atoms with van der Waals surface area (Å²) < 4.78 is 1.58. The van der Waals surface area contributed by atoms with Crippen molar-refractivity contribution in [3.05, 3.63) is 72.3 Å². The monoisotopic (exact) mass is 293 g/mol. The molecule has 1 N–H and O–H groups in total. The topological polar surface area (TPSA) is 72.7 Å². The number of pyridine rings is 1. The summed E-state index contributed by atoms with van der Waals surface area (Å²) in [6.07, 6.45) is 4.04. The third kappa shape index (κ3) is 3.35. The molecular formula is C16H15N5O. The molecule has 0 fully saturated rings. The maximum absolute atomic E-state index is 12.0. The predicted molar refractivity (Wildman–Crippen MR) is 81.6 cm³/mol. The molecule has 2 heterocycles. The first-order valence-corrected chi connectivity index (χ1v) is 6.99. The molecule has 1 aromatic carbocycles. The summed E-state index contributed by atoms with van der Waals surface area (Å²) in [5.41, 5.74) is 2.10. The van der Waals surface area contributed by atoms with Crippen LogP contribution in [-0.2, 0) is 6.42 Å². The Morgan fingerprint density at radius 1 is 1.09 bits per heavy atom. The van der Waals surface area contributed by atoms with Gasteiger partial charge in [-0.25, -0.2) is 4.68 Å². The van der Waals surface area contributed by atoms with Crippen molar-refractivity contribution >= 4 is 5.91 Å². The van der Waals surface area contributed by atoms with E-state index in [2.05, 4.69) is 20.6 Å². The lowest BCUT2D eigenvalue weighted by atomic mass is 10.2. The molecule has 0 saturated carbocycles. The van der Waals surface area contributed by atoms with Crippen molar-refractivity contribution in [1.82, 2.24) is 25.3 Å². The van der Waals surface area contributed by atoms with E-state index in [4.69, 9.17) is 0 Å². The van der Waals surface area contributed by atoms with Crippen LogP contribution in [0, 0.1) is 0 Å². The van der Waals surface area contributed by atoms with Gasteiger partial charge in [0.25, 0.3) is 5.91 Å². The summed E-state index contributed by atoms with van der Waals surface area (Å²) in [6, 6.07) is 15.3. The van der Waals surface area contributed by atoms with Crippen molar-refractivity contribution in [2.75, 3.05) is 6.54 Å². The van der Waals surface area contributed by atoms with Crippen molar-refractivity contribution < 1.29 is 4.79 Å². The second-order valence-corrected chi connectivity index (χ2v) is 4.71. The molecule has 1 amide bonds. The summed E-state index contributed by atoms with van der Waals surface area (Å²) in [4.78, 5) is 16.2. The zero-order valence-corrected chi connectivity index (χ0v) is 11.9. The van der Waals surface area contributed by atoms with E-state index in [0.717, 1.165) is 11.4 Å². The van der Waals surface area contributed by atoms with Crippen LogP contribution in [0.25, 0.3) is 5.69 Å². The minimum absolute atomic E-state index is 0.238. The van der Waals surface area contributed by atoms with E-state index in [-0.39, 0.29) is 5.91 Å². The molecule has 0 atom stereocenters. The summed E-state index contributed by atoms with van der Waals surface area (Å²) in [7, 11) is 0. The van der Waals surface area contributed by atoms with Crippen LogP contribution >= 0.6 is 0 Å². The fourth-order valence-corrected chi connectivity index (χ4v) is 2.02. The molecule has 2 aromatic heterocycles. The normalized spacial score (nSPS) is 10.4. The van der Waals surface area contributed by atoms with Crippen molar-refractivity contribution in [1.29, 1.82) is 0 Å². The molecule has 0 spiro atoms. The maximum Gasteiger partial charge on any atom is 0.273 e. The van der Waals surface area contributed by atoms with Crippen LogP contribution in [0.4, 0.5) is 0 Å². The van der Waals surface area contributed by atoms with Gasteiger partial charge in [0.2, 0.25) is 0 Å². The quantitative estimate of drug-likeness (QED) is 0.776. The molecule has 0 aliphatic heterocycles. The van der Waals surface area contributed by atoms with Crippen LogP contribution in [-0.4, -0.2) is 32.4 Å². The van der Waals surface area contributed by atoms with E-state index in [1.54, 1.807) is 17.1 Å². The number of nitrogens with one attached hydrogen (secondary N) is 1. The SMILES string of the molecule is O=C(NCCc1ccccn1)c1cn(-c2ccccc2)nn1. The van der Waals surface area contributed by atoms with Crippen LogP contribution in [0.15, 0.2) is 60.9 Å². The average molecular weight is 293 g/mol. The molecule has 110 valence electrons. The van der Waals surface area contributed by atoms with Gasteiger partial charge >= 0.3 is 0 Å². The van der Waals surface area contributed by atoms with Gasteiger partial charge in [-0.05, 0) is 24.3 Å². The molecule has 3 rings (SSSR count). The van der Waals surface area contributed by atoms with Gasteiger partial charge in [-0.2, -0.15) is 0 Å². The number of amides is 1. The maximum atomic E-state index is 12.0. The lowest BCUT2D eigenvalue weighted by Gasteiger charge is -2.02. The predicted octanol–water partition coefficient (Wildman–Crippen LogP) is 1.63. The first-order valence-electron chi connectivity index (χ1n) is 6.99. The Kier molecular flexibility index (Phi) is 4.20. The zero-order chi connectivity index (χ0) is 15.2. The van der Waals surface area contributed by atoms with E-state index >= 15 is 0 Å². The van der Waals surface area contributed by atoms with Gasteiger partial charge in [0.05, 0.1) is 11.9 Å². The Hall–Kier alpha value is -3.02. The van der Waals surface area contributed by atoms with E-state index in [9.17, 15) is 4.79 Å². The van der Waals surface area contributed by atoms with Crippen molar-refractivity contribution in [2.45, 2.75) is 6.42 Å². The number of aromatic nitrogens is 4. The summed E-state index contributed by atoms with van der Waals surface area (Å²) in [5, 5.41) is 10.7.